The number of hydrogen-bond acceptors (Lipinski definition) is 7. The van der Waals surface area contributed by atoms with Crippen LogP contribution in [-0.4, -0.2) is 53.9 Å². The van der Waals surface area contributed by atoms with Crippen LogP contribution in [0.4, 0.5) is 0 Å². The number of benzene rings is 2. The molecule has 0 aliphatic carbocycles. The van der Waals surface area contributed by atoms with E-state index >= 15 is 0 Å². The van der Waals surface area contributed by atoms with Gasteiger partial charge in [0.1, 0.15) is 11.8 Å². The molecule has 4 rings (SSSR count). The molecule has 2 fully saturated rings. The van der Waals surface area contributed by atoms with Crippen LogP contribution in [-0.2, 0) is 9.53 Å². The van der Waals surface area contributed by atoms with E-state index in [0.29, 0.717) is 36.1 Å². The maximum absolute atomic E-state index is 13.3. The molecule has 1 amide bonds. The molecule has 0 spiro atoms. The number of halogens is 1. The second-order valence-electron chi connectivity index (χ2n) is 8.11. The molecule has 9 heteroatoms. The normalized spacial score (nSPS) is 24.8. The number of ether oxygens (including phenoxy) is 2. The summed E-state index contributed by atoms with van der Waals surface area (Å²) in [6.07, 6.45) is 0. The zero-order valence-corrected chi connectivity index (χ0v) is 19.0. The highest BCUT2D eigenvalue weighted by Crippen LogP contribution is 2.49. The molecule has 32 heavy (non-hydrogen) atoms. The molecule has 4 N–H and O–H groups in total. The molecule has 8 nitrogen and oxygen atoms in total. The van der Waals surface area contributed by atoms with Gasteiger partial charge in [0.2, 0.25) is 5.91 Å². The van der Waals surface area contributed by atoms with Gasteiger partial charge < -0.3 is 24.6 Å². The number of hydrogen-bond donors (Lipinski definition) is 4. The van der Waals surface area contributed by atoms with Gasteiger partial charge in [-0.15, -0.1) is 0 Å². The van der Waals surface area contributed by atoms with Crippen LogP contribution in [0.1, 0.15) is 35.7 Å². The number of nitrogens with one attached hydrogen (secondary N) is 2. The van der Waals surface area contributed by atoms with Crippen molar-refractivity contribution >= 4 is 17.5 Å². The van der Waals surface area contributed by atoms with Gasteiger partial charge in [0.05, 0.1) is 25.3 Å². The molecule has 2 aliphatic heterocycles. The third-order valence-corrected chi connectivity index (χ3v) is 6.63. The highest BCUT2D eigenvalue weighted by molar-refractivity contribution is 6.31. The number of fused-ring (bicyclic) bond motifs is 1. The van der Waals surface area contributed by atoms with Gasteiger partial charge in [-0.1, -0.05) is 17.7 Å². The molecule has 2 aromatic rings. The molecule has 0 saturated carbocycles. The van der Waals surface area contributed by atoms with E-state index in [-0.39, 0.29) is 35.4 Å². The van der Waals surface area contributed by atoms with Crippen LogP contribution in [0.3, 0.4) is 0 Å². The van der Waals surface area contributed by atoms with Crippen molar-refractivity contribution < 1.29 is 24.5 Å². The van der Waals surface area contributed by atoms with Crippen LogP contribution >= 0.6 is 11.6 Å². The molecule has 172 valence electrons. The van der Waals surface area contributed by atoms with Crippen molar-refractivity contribution in [3.8, 4) is 17.2 Å². The van der Waals surface area contributed by atoms with E-state index < -0.39 is 6.04 Å². The number of carbonyl (C=O) groups is 1. The van der Waals surface area contributed by atoms with Crippen LogP contribution in [0.5, 0.6) is 17.2 Å². The zero-order valence-electron chi connectivity index (χ0n) is 18.3. The van der Waals surface area contributed by atoms with Gasteiger partial charge >= 0.3 is 0 Å². The van der Waals surface area contributed by atoms with Crippen molar-refractivity contribution in [1.29, 1.82) is 0 Å². The standard InChI is InChI=1S/C23H28ClN3O5/c1-4-32-18-10-13(5-6-16(18)28)22-19-20(14-11-15(24)12(2)9-17(14)29)25-26-21(19)23(30)27(22)7-8-31-3/h5-6,9-11,19-22,25-26,28-29H,4,7-8H2,1-3H3. The first-order chi connectivity index (χ1) is 15.4. The smallest absolute Gasteiger partial charge is 0.242 e. The lowest BCUT2D eigenvalue weighted by molar-refractivity contribution is -0.131. The highest BCUT2D eigenvalue weighted by Gasteiger charge is 2.55. The first-order valence-electron chi connectivity index (χ1n) is 10.6. The lowest BCUT2D eigenvalue weighted by Crippen LogP contribution is -2.42. The van der Waals surface area contributed by atoms with Crippen molar-refractivity contribution in [2.75, 3.05) is 26.9 Å². The number of likely N-dealkylation sites (tertiary alicyclic amines) is 1. The van der Waals surface area contributed by atoms with Gasteiger partial charge in [0.25, 0.3) is 0 Å². The summed E-state index contributed by atoms with van der Waals surface area (Å²) in [5.74, 6) is 0.222. The van der Waals surface area contributed by atoms with Crippen LogP contribution in [0.15, 0.2) is 30.3 Å². The van der Waals surface area contributed by atoms with Crippen LogP contribution in [0.2, 0.25) is 5.02 Å². The number of nitrogens with zero attached hydrogens (tertiary/aromatic N) is 1. The number of carbonyl (C=O) groups excluding carboxylic acids is 1. The zero-order chi connectivity index (χ0) is 23.0. The number of aryl methyl sites for hydroxylation is 1. The molecule has 0 aromatic heterocycles. The van der Waals surface area contributed by atoms with E-state index in [9.17, 15) is 15.0 Å². The average Bonchev–Trinajstić information content (AvgIpc) is 3.30. The Morgan fingerprint density at radius 3 is 2.59 bits per heavy atom. The van der Waals surface area contributed by atoms with E-state index in [1.807, 2.05) is 13.8 Å². The fourth-order valence-corrected chi connectivity index (χ4v) is 4.89. The molecule has 2 aromatic carbocycles. The Morgan fingerprint density at radius 1 is 1.12 bits per heavy atom. The summed E-state index contributed by atoms with van der Waals surface area (Å²) in [4.78, 5) is 15.1. The predicted octanol–water partition coefficient (Wildman–Crippen LogP) is 2.82. The molecule has 2 aliphatic rings. The number of methoxy groups -OCH3 is 1. The molecule has 2 heterocycles. The van der Waals surface area contributed by atoms with Gasteiger partial charge in [-0.25, -0.2) is 10.9 Å². The van der Waals surface area contributed by atoms with E-state index in [4.69, 9.17) is 21.1 Å². The number of aromatic hydroxyl groups is 2. The summed E-state index contributed by atoms with van der Waals surface area (Å²) in [5, 5.41) is 21.4. The molecule has 4 unspecified atom stereocenters. The molecule has 2 saturated heterocycles. The van der Waals surface area contributed by atoms with Crippen molar-refractivity contribution in [3.05, 3.63) is 52.0 Å². The molecule has 0 radical (unpaired) electrons. The number of hydrazine groups is 1. The van der Waals surface area contributed by atoms with Crippen LogP contribution < -0.4 is 15.6 Å². The Labute approximate surface area is 192 Å². The number of amides is 1. The number of rotatable bonds is 7. The van der Waals surface area contributed by atoms with Crippen molar-refractivity contribution in [2.24, 2.45) is 5.92 Å². The van der Waals surface area contributed by atoms with Crippen molar-refractivity contribution in [2.45, 2.75) is 32.0 Å². The maximum Gasteiger partial charge on any atom is 0.242 e. The van der Waals surface area contributed by atoms with Gasteiger partial charge in [-0.05, 0) is 49.2 Å². The summed E-state index contributed by atoms with van der Waals surface area (Å²) in [5.41, 5.74) is 8.54. The third-order valence-electron chi connectivity index (χ3n) is 6.22. The third kappa shape index (κ3) is 3.88. The average molecular weight is 462 g/mol. The topological polar surface area (TPSA) is 103 Å². The summed E-state index contributed by atoms with van der Waals surface area (Å²) >= 11 is 6.36. The quantitative estimate of drug-likeness (QED) is 0.502. The van der Waals surface area contributed by atoms with Gasteiger partial charge in [-0.3, -0.25) is 4.79 Å². The second kappa shape index (κ2) is 9.15. The molecular formula is C23H28ClN3O5. The number of phenolic OH excluding ortho intramolecular Hbond substituents is 2. The van der Waals surface area contributed by atoms with Crippen LogP contribution in [0, 0.1) is 12.8 Å². The summed E-state index contributed by atoms with van der Waals surface area (Å²) in [6, 6.07) is 7.33. The van der Waals surface area contributed by atoms with E-state index in [1.54, 1.807) is 42.3 Å². The van der Waals surface area contributed by atoms with E-state index in [0.717, 1.165) is 11.1 Å². The predicted molar refractivity (Wildman–Crippen MR) is 120 cm³/mol. The molecular weight excluding hydrogens is 434 g/mol. The van der Waals surface area contributed by atoms with E-state index in [1.165, 1.54) is 0 Å². The van der Waals surface area contributed by atoms with Crippen LogP contribution in [0.25, 0.3) is 0 Å². The summed E-state index contributed by atoms with van der Waals surface area (Å²) in [7, 11) is 1.60. The largest absolute Gasteiger partial charge is 0.508 e. The van der Waals surface area contributed by atoms with Gasteiger partial charge in [0, 0.05) is 30.2 Å². The minimum absolute atomic E-state index is 0.0436. The Bertz CT molecular complexity index is 1020. The van der Waals surface area contributed by atoms with Crippen molar-refractivity contribution in [3.63, 3.8) is 0 Å². The fraction of sp³-hybridized carbons (Fsp3) is 0.435. The lowest BCUT2D eigenvalue weighted by atomic mass is 9.83. The Balaban J connectivity index is 1.80. The highest BCUT2D eigenvalue weighted by atomic mass is 35.5. The first kappa shape index (κ1) is 22.7. The molecule has 0 bridgehead atoms. The Hall–Kier alpha value is -2.52. The molecule has 4 atom stereocenters. The Morgan fingerprint density at radius 2 is 1.88 bits per heavy atom. The van der Waals surface area contributed by atoms with Gasteiger partial charge in [0.15, 0.2) is 11.5 Å². The monoisotopic (exact) mass is 461 g/mol. The lowest BCUT2D eigenvalue weighted by Gasteiger charge is -2.31. The first-order valence-corrected chi connectivity index (χ1v) is 11.0. The Kier molecular flexibility index (Phi) is 6.48. The summed E-state index contributed by atoms with van der Waals surface area (Å²) in [6.45, 7) is 4.87. The summed E-state index contributed by atoms with van der Waals surface area (Å²) < 4.78 is 10.8. The minimum atomic E-state index is -0.495. The fourth-order valence-electron chi connectivity index (χ4n) is 4.72. The second-order valence-corrected chi connectivity index (χ2v) is 8.52. The van der Waals surface area contributed by atoms with Crippen molar-refractivity contribution in [1.82, 2.24) is 15.8 Å². The van der Waals surface area contributed by atoms with E-state index in [2.05, 4.69) is 10.9 Å². The SMILES string of the molecule is CCOc1cc(C2C3C(NNC3c3cc(Cl)c(C)cc3O)C(=O)N2CCOC)ccc1O. The maximum atomic E-state index is 13.3. The number of phenols is 2. The minimum Gasteiger partial charge on any atom is -0.508 e. The van der Waals surface area contributed by atoms with Gasteiger partial charge in [-0.2, -0.15) is 0 Å².